The van der Waals surface area contributed by atoms with E-state index in [4.69, 9.17) is 9.73 Å². The number of aliphatic imine (C=N–C) groups is 1. The lowest BCUT2D eigenvalue weighted by atomic mass is 10.1. The highest BCUT2D eigenvalue weighted by Crippen LogP contribution is 2.34. The second kappa shape index (κ2) is 9.67. The number of amidine groups is 1. The molecule has 0 atom stereocenters. The molecule has 0 N–H and O–H groups in total. The van der Waals surface area contributed by atoms with E-state index >= 15 is 0 Å². The van der Waals surface area contributed by atoms with Crippen molar-refractivity contribution in [1.82, 2.24) is 4.90 Å². The minimum atomic E-state index is -0.0276. The molecule has 1 aliphatic heterocycles. The minimum absolute atomic E-state index is 0.0276. The number of amides is 1. The Morgan fingerprint density at radius 2 is 1.65 bits per heavy atom. The molecule has 0 unspecified atom stereocenters. The largest absolute Gasteiger partial charge is 0.496 e. The van der Waals surface area contributed by atoms with E-state index < -0.39 is 0 Å². The summed E-state index contributed by atoms with van der Waals surface area (Å²) in [5.41, 5.74) is 4.18. The smallest absolute Gasteiger partial charge is 0.267 e. The molecule has 4 nitrogen and oxygen atoms in total. The molecule has 3 aromatic carbocycles. The molecule has 1 saturated heterocycles. The molecular formula is C26H24N2O2S. The van der Waals surface area contributed by atoms with Gasteiger partial charge < -0.3 is 4.74 Å². The summed E-state index contributed by atoms with van der Waals surface area (Å²) in [6.45, 7) is 3.03. The van der Waals surface area contributed by atoms with E-state index in [9.17, 15) is 4.79 Å². The molecule has 4 rings (SSSR count). The Labute approximate surface area is 187 Å². The van der Waals surface area contributed by atoms with Gasteiger partial charge in [-0.25, -0.2) is 0 Å². The van der Waals surface area contributed by atoms with Crippen molar-refractivity contribution >= 4 is 28.9 Å². The highest BCUT2D eigenvalue weighted by Gasteiger charge is 2.33. The first-order valence-electron chi connectivity index (χ1n) is 10.1. The zero-order valence-corrected chi connectivity index (χ0v) is 18.4. The molecule has 0 radical (unpaired) electrons. The lowest BCUT2D eigenvalue weighted by Gasteiger charge is -2.15. The van der Waals surface area contributed by atoms with E-state index in [1.807, 2.05) is 91.9 Å². The van der Waals surface area contributed by atoms with Crippen LogP contribution in [0.3, 0.4) is 0 Å². The highest BCUT2D eigenvalue weighted by atomic mass is 32.2. The van der Waals surface area contributed by atoms with Gasteiger partial charge in [-0.1, -0.05) is 72.8 Å². The fourth-order valence-corrected chi connectivity index (χ4v) is 4.33. The van der Waals surface area contributed by atoms with Crippen molar-refractivity contribution in [2.45, 2.75) is 20.0 Å². The molecule has 0 saturated carbocycles. The maximum absolute atomic E-state index is 13.3. The number of hydrogen-bond donors (Lipinski definition) is 0. The average Bonchev–Trinajstić information content (AvgIpc) is 3.09. The molecule has 5 heteroatoms. The Bertz CT molecular complexity index is 1120. The Hall–Kier alpha value is -3.31. The summed E-state index contributed by atoms with van der Waals surface area (Å²) in [7, 11) is 1.66. The molecule has 0 aromatic heterocycles. The number of carbonyl (C=O) groups excluding carboxylic acids is 1. The number of hydrogen-bond acceptors (Lipinski definition) is 4. The summed E-state index contributed by atoms with van der Waals surface area (Å²) in [6.07, 6.45) is 1.91. The summed E-state index contributed by atoms with van der Waals surface area (Å²) in [4.78, 5) is 20.5. The van der Waals surface area contributed by atoms with Crippen molar-refractivity contribution in [2.24, 2.45) is 4.99 Å². The van der Waals surface area contributed by atoms with E-state index in [2.05, 4.69) is 0 Å². The SMILES string of the molecule is COc1cc(/C=C2\SC(=NCc3ccccc3)N(Cc3ccccc3)C2=O)ccc1C. The fraction of sp³-hybridized carbons (Fsp3) is 0.154. The van der Waals surface area contributed by atoms with Crippen LogP contribution < -0.4 is 4.74 Å². The van der Waals surface area contributed by atoms with Gasteiger partial charge in [0.15, 0.2) is 5.17 Å². The fourth-order valence-electron chi connectivity index (χ4n) is 3.35. The van der Waals surface area contributed by atoms with Gasteiger partial charge in [0, 0.05) is 0 Å². The Morgan fingerprint density at radius 1 is 0.968 bits per heavy atom. The molecule has 156 valence electrons. The van der Waals surface area contributed by atoms with Crippen molar-refractivity contribution in [3.63, 3.8) is 0 Å². The molecule has 3 aromatic rings. The number of ether oxygens (including phenoxy) is 1. The highest BCUT2D eigenvalue weighted by molar-refractivity contribution is 8.18. The summed E-state index contributed by atoms with van der Waals surface area (Å²) in [5.74, 6) is 0.782. The average molecular weight is 429 g/mol. The zero-order chi connectivity index (χ0) is 21.6. The van der Waals surface area contributed by atoms with Crippen LogP contribution in [0.1, 0.15) is 22.3 Å². The number of benzene rings is 3. The molecule has 0 spiro atoms. The van der Waals surface area contributed by atoms with Gasteiger partial charge >= 0.3 is 0 Å². The van der Waals surface area contributed by atoms with Crippen LogP contribution in [-0.4, -0.2) is 23.1 Å². The van der Waals surface area contributed by atoms with Crippen LogP contribution in [0.5, 0.6) is 5.75 Å². The normalized spacial score (nSPS) is 16.3. The molecule has 1 amide bonds. The van der Waals surface area contributed by atoms with Crippen molar-refractivity contribution in [3.05, 3.63) is 106 Å². The minimum Gasteiger partial charge on any atom is -0.496 e. The molecule has 0 aliphatic carbocycles. The summed E-state index contributed by atoms with van der Waals surface area (Å²) in [5, 5.41) is 0.725. The number of carbonyl (C=O) groups is 1. The third-order valence-electron chi connectivity index (χ3n) is 5.04. The van der Waals surface area contributed by atoms with Gasteiger partial charge in [0.25, 0.3) is 5.91 Å². The number of rotatable bonds is 6. The molecular weight excluding hydrogens is 404 g/mol. The van der Waals surface area contributed by atoms with Gasteiger partial charge in [-0.15, -0.1) is 0 Å². The Kier molecular flexibility index (Phi) is 6.53. The van der Waals surface area contributed by atoms with E-state index in [0.29, 0.717) is 18.0 Å². The van der Waals surface area contributed by atoms with Crippen LogP contribution in [0.15, 0.2) is 88.8 Å². The van der Waals surface area contributed by atoms with Gasteiger partial charge in [-0.05, 0) is 53.1 Å². The maximum Gasteiger partial charge on any atom is 0.267 e. The number of thioether (sulfide) groups is 1. The third kappa shape index (κ3) is 5.06. The maximum atomic E-state index is 13.3. The van der Waals surface area contributed by atoms with E-state index in [1.54, 1.807) is 12.0 Å². The van der Waals surface area contributed by atoms with Crippen molar-refractivity contribution in [1.29, 1.82) is 0 Å². The first-order valence-corrected chi connectivity index (χ1v) is 10.9. The van der Waals surface area contributed by atoms with Crippen LogP contribution in [0.25, 0.3) is 6.08 Å². The third-order valence-corrected chi connectivity index (χ3v) is 6.09. The van der Waals surface area contributed by atoms with Gasteiger partial charge in [0.05, 0.1) is 25.1 Å². The standard InChI is InChI=1S/C26H24N2O2S/c1-19-13-14-22(15-23(19)30-2)16-24-25(29)28(18-21-11-7-4-8-12-21)26(31-24)27-17-20-9-5-3-6-10-20/h3-16H,17-18H2,1-2H3/b24-16-,27-26?. The van der Waals surface area contributed by atoms with E-state index in [-0.39, 0.29) is 5.91 Å². The van der Waals surface area contributed by atoms with Gasteiger partial charge in [0.2, 0.25) is 0 Å². The van der Waals surface area contributed by atoms with Crippen LogP contribution in [-0.2, 0) is 17.9 Å². The van der Waals surface area contributed by atoms with E-state index in [0.717, 1.165) is 33.2 Å². The van der Waals surface area contributed by atoms with Crippen LogP contribution >= 0.6 is 11.8 Å². The summed E-state index contributed by atoms with van der Waals surface area (Å²) >= 11 is 1.42. The zero-order valence-electron chi connectivity index (χ0n) is 17.6. The summed E-state index contributed by atoms with van der Waals surface area (Å²) in [6, 6.07) is 26.0. The first-order chi connectivity index (χ1) is 15.1. The van der Waals surface area contributed by atoms with Crippen LogP contribution in [0, 0.1) is 6.92 Å². The Morgan fingerprint density at radius 3 is 2.32 bits per heavy atom. The van der Waals surface area contributed by atoms with Crippen molar-refractivity contribution in [2.75, 3.05) is 7.11 Å². The number of methoxy groups -OCH3 is 1. The molecule has 1 heterocycles. The quantitative estimate of drug-likeness (QED) is 0.475. The molecule has 1 aliphatic rings. The van der Waals surface area contributed by atoms with Crippen LogP contribution in [0.2, 0.25) is 0 Å². The Balaban J connectivity index is 1.64. The van der Waals surface area contributed by atoms with E-state index in [1.165, 1.54) is 11.8 Å². The van der Waals surface area contributed by atoms with Gasteiger partial charge in [-0.2, -0.15) is 0 Å². The van der Waals surface area contributed by atoms with Gasteiger partial charge in [0.1, 0.15) is 5.75 Å². The first kappa shape index (κ1) is 20.9. The molecule has 0 bridgehead atoms. The second-order valence-corrected chi connectivity index (χ2v) is 8.31. The predicted molar refractivity (Wildman–Crippen MR) is 128 cm³/mol. The monoisotopic (exact) mass is 428 g/mol. The predicted octanol–water partition coefficient (Wildman–Crippen LogP) is 5.68. The summed E-state index contributed by atoms with van der Waals surface area (Å²) < 4.78 is 5.43. The van der Waals surface area contributed by atoms with Crippen molar-refractivity contribution in [3.8, 4) is 5.75 Å². The number of aryl methyl sites for hydroxylation is 1. The lowest BCUT2D eigenvalue weighted by molar-refractivity contribution is -0.122. The molecule has 31 heavy (non-hydrogen) atoms. The molecule has 1 fully saturated rings. The lowest BCUT2D eigenvalue weighted by Crippen LogP contribution is -2.28. The van der Waals surface area contributed by atoms with Gasteiger partial charge in [-0.3, -0.25) is 14.7 Å². The second-order valence-electron chi connectivity index (χ2n) is 7.30. The topological polar surface area (TPSA) is 41.9 Å². The van der Waals surface area contributed by atoms with Crippen molar-refractivity contribution < 1.29 is 9.53 Å². The van der Waals surface area contributed by atoms with Crippen LogP contribution in [0.4, 0.5) is 0 Å². The number of nitrogens with zero attached hydrogens (tertiary/aromatic N) is 2.